The van der Waals surface area contributed by atoms with E-state index in [4.69, 9.17) is 5.73 Å². The van der Waals surface area contributed by atoms with Crippen molar-refractivity contribution in [3.05, 3.63) is 35.4 Å². The molecule has 0 amide bonds. The zero-order valence-corrected chi connectivity index (χ0v) is 8.96. The molecule has 0 aromatic heterocycles. The Morgan fingerprint density at radius 1 is 1.29 bits per heavy atom. The Balaban J connectivity index is 2.82. The van der Waals surface area contributed by atoms with Gasteiger partial charge in [0, 0.05) is 6.54 Å². The first kappa shape index (κ1) is 11.2. The molecule has 1 rings (SSSR count). The van der Waals surface area contributed by atoms with Gasteiger partial charge in [0.15, 0.2) is 0 Å². The number of aliphatic hydroxyl groups is 1. The van der Waals surface area contributed by atoms with Crippen LogP contribution in [0.1, 0.15) is 31.4 Å². The Kier molecular flexibility index (Phi) is 3.67. The minimum absolute atomic E-state index is 0.250. The van der Waals surface area contributed by atoms with Crippen molar-refractivity contribution in [3.63, 3.8) is 0 Å². The average Bonchev–Trinajstić information content (AvgIpc) is 2.19. The number of hydrogen-bond donors (Lipinski definition) is 2. The average molecular weight is 193 g/mol. The summed E-state index contributed by atoms with van der Waals surface area (Å²) in [6.07, 6.45) is 2.23. The van der Waals surface area contributed by atoms with Crippen molar-refractivity contribution < 1.29 is 5.11 Å². The fourth-order valence-corrected chi connectivity index (χ4v) is 1.44. The van der Waals surface area contributed by atoms with Crippen LogP contribution < -0.4 is 5.73 Å². The van der Waals surface area contributed by atoms with E-state index in [1.165, 1.54) is 5.56 Å². The van der Waals surface area contributed by atoms with Crippen LogP contribution >= 0.6 is 0 Å². The monoisotopic (exact) mass is 193 g/mol. The van der Waals surface area contributed by atoms with Gasteiger partial charge >= 0.3 is 0 Å². The molecule has 2 nitrogen and oxygen atoms in total. The molecule has 14 heavy (non-hydrogen) atoms. The number of hydrogen-bond acceptors (Lipinski definition) is 2. The molecule has 1 aromatic carbocycles. The summed E-state index contributed by atoms with van der Waals surface area (Å²) >= 11 is 0. The summed E-state index contributed by atoms with van der Waals surface area (Å²) in [4.78, 5) is 0. The molecule has 0 saturated carbocycles. The Labute approximate surface area is 85.8 Å². The van der Waals surface area contributed by atoms with Gasteiger partial charge in [-0.2, -0.15) is 0 Å². The van der Waals surface area contributed by atoms with E-state index in [0.29, 0.717) is 0 Å². The molecule has 1 unspecified atom stereocenters. The van der Waals surface area contributed by atoms with Crippen LogP contribution in [0.5, 0.6) is 0 Å². The lowest BCUT2D eigenvalue weighted by Gasteiger charge is -2.21. The van der Waals surface area contributed by atoms with E-state index < -0.39 is 5.60 Å². The predicted octanol–water partition coefficient (Wildman–Crippen LogP) is 1.81. The highest BCUT2D eigenvalue weighted by Gasteiger charge is 2.20. The van der Waals surface area contributed by atoms with E-state index in [0.717, 1.165) is 18.4 Å². The van der Waals surface area contributed by atoms with E-state index >= 15 is 0 Å². The summed E-state index contributed by atoms with van der Waals surface area (Å²) in [7, 11) is 0. The number of nitrogens with two attached hydrogens (primary N) is 1. The maximum atomic E-state index is 9.89. The summed E-state index contributed by atoms with van der Waals surface area (Å²) < 4.78 is 0. The largest absolute Gasteiger partial charge is 0.384 e. The number of benzene rings is 1. The summed E-state index contributed by atoms with van der Waals surface area (Å²) in [6, 6.07) is 8.03. The fourth-order valence-electron chi connectivity index (χ4n) is 1.44. The van der Waals surface area contributed by atoms with Crippen LogP contribution in [0.25, 0.3) is 0 Å². The van der Waals surface area contributed by atoms with Gasteiger partial charge in [0.05, 0.1) is 5.60 Å². The topological polar surface area (TPSA) is 46.2 Å². The van der Waals surface area contributed by atoms with Crippen LogP contribution in [0.3, 0.4) is 0 Å². The third-order valence-corrected chi connectivity index (χ3v) is 2.51. The van der Waals surface area contributed by atoms with E-state index in [1.54, 1.807) is 6.92 Å². The normalized spacial score (nSPS) is 15.1. The molecule has 2 heteroatoms. The molecule has 0 radical (unpaired) electrons. The molecule has 0 bridgehead atoms. The van der Waals surface area contributed by atoms with Gasteiger partial charge in [-0.15, -0.1) is 0 Å². The molecule has 1 aromatic rings. The molecule has 0 aliphatic heterocycles. The van der Waals surface area contributed by atoms with Gasteiger partial charge in [0.1, 0.15) is 0 Å². The summed E-state index contributed by atoms with van der Waals surface area (Å²) in [5.74, 6) is 0. The van der Waals surface area contributed by atoms with Crippen molar-refractivity contribution in [1.82, 2.24) is 0 Å². The third-order valence-electron chi connectivity index (χ3n) is 2.51. The quantitative estimate of drug-likeness (QED) is 0.766. The molecule has 0 fully saturated rings. The molecular formula is C12H19NO. The lowest BCUT2D eigenvalue weighted by Crippen LogP contribution is -2.31. The smallest absolute Gasteiger partial charge is 0.0990 e. The lowest BCUT2D eigenvalue weighted by atomic mass is 9.95. The van der Waals surface area contributed by atoms with Gasteiger partial charge in [0.2, 0.25) is 0 Å². The zero-order chi connectivity index (χ0) is 10.6. The first-order chi connectivity index (χ1) is 6.60. The first-order valence-corrected chi connectivity index (χ1v) is 5.12. The van der Waals surface area contributed by atoms with Gasteiger partial charge in [-0.25, -0.2) is 0 Å². The van der Waals surface area contributed by atoms with Crippen LogP contribution in [0.15, 0.2) is 24.3 Å². The molecule has 3 N–H and O–H groups in total. The Morgan fingerprint density at radius 2 is 1.86 bits per heavy atom. The van der Waals surface area contributed by atoms with Gasteiger partial charge in [-0.1, -0.05) is 37.6 Å². The van der Waals surface area contributed by atoms with Gasteiger partial charge in [-0.3, -0.25) is 0 Å². The Morgan fingerprint density at radius 3 is 2.29 bits per heavy atom. The maximum absolute atomic E-state index is 9.89. The molecule has 0 aliphatic carbocycles. The summed E-state index contributed by atoms with van der Waals surface area (Å²) in [5.41, 5.74) is 6.79. The zero-order valence-electron chi connectivity index (χ0n) is 8.96. The predicted molar refractivity (Wildman–Crippen MR) is 59.1 cm³/mol. The van der Waals surface area contributed by atoms with Crippen molar-refractivity contribution in [3.8, 4) is 0 Å². The second-order valence-electron chi connectivity index (χ2n) is 3.92. The van der Waals surface area contributed by atoms with Crippen LogP contribution in [0.2, 0.25) is 0 Å². The van der Waals surface area contributed by atoms with E-state index in [-0.39, 0.29) is 6.54 Å². The molecular weight excluding hydrogens is 174 g/mol. The minimum Gasteiger partial charge on any atom is -0.384 e. The van der Waals surface area contributed by atoms with Crippen molar-refractivity contribution in [1.29, 1.82) is 0 Å². The SMILES string of the molecule is CCCc1ccc(C(C)(O)CN)cc1. The highest BCUT2D eigenvalue weighted by Crippen LogP contribution is 2.19. The van der Waals surface area contributed by atoms with E-state index in [9.17, 15) is 5.11 Å². The number of rotatable bonds is 4. The van der Waals surface area contributed by atoms with Gasteiger partial charge in [-0.05, 0) is 24.5 Å². The fraction of sp³-hybridized carbons (Fsp3) is 0.500. The van der Waals surface area contributed by atoms with Crippen LogP contribution in [-0.4, -0.2) is 11.7 Å². The molecule has 1 atom stereocenters. The third kappa shape index (κ3) is 2.56. The van der Waals surface area contributed by atoms with Gasteiger partial charge < -0.3 is 10.8 Å². The second kappa shape index (κ2) is 4.58. The first-order valence-electron chi connectivity index (χ1n) is 5.12. The summed E-state index contributed by atoms with van der Waals surface area (Å²) in [6.45, 7) is 4.14. The van der Waals surface area contributed by atoms with Crippen LogP contribution in [0.4, 0.5) is 0 Å². The van der Waals surface area contributed by atoms with Crippen LogP contribution in [0, 0.1) is 0 Å². The molecule has 0 spiro atoms. The van der Waals surface area contributed by atoms with E-state index in [1.807, 2.05) is 12.1 Å². The molecule has 0 saturated heterocycles. The van der Waals surface area contributed by atoms with Gasteiger partial charge in [0.25, 0.3) is 0 Å². The van der Waals surface area contributed by atoms with E-state index in [2.05, 4.69) is 19.1 Å². The lowest BCUT2D eigenvalue weighted by molar-refractivity contribution is 0.0668. The van der Waals surface area contributed by atoms with Crippen molar-refractivity contribution in [2.45, 2.75) is 32.3 Å². The molecule has 78 valence electrons. The molecule has 0 heterocycles. The van der Waals surface area contributed by atoms with Crippen molar-refractivity contribution in [2.24, 2.45) is 5.73 Å². The standard InChI is InChI=1S/C12H19NO/c1-3-4-10-5-7-11(8-6-10)12(2,14)9-13/h5-8,14H,3-4,9,13H2,1-2H3. The highest BCUT2D eigenvalue weighted by atomic mass is 16.3. The summed E-state index contributed by atoms with van der Waals surface area (Å²) in [5, 5.41) is 9.89. The number of aryl methyl sites for hydroxylation is 1. The highest BCUT2D eigenvalue weighted by molar-refractivity contribution is 5.27. The second-order valence-corrected chi connectivity index (χ2v) is 3.92. The van der Waals surface area contributed by atoms with Crippen molar-refractivity contribution in [2.75, 3.05) is 6.54 Å². The maximum Gasteiger partial charge on any atom is 0.0990 e. The Bertz CT molecular complexity index is 277. The van der Waals surface area contributed by atoms with Crippen LogP contribution in [-0.2, 0) is 12.0 Å². The molecule has 0 aliphatic rings. The van der Waals surface area contributed by atoms with Crippen molar-refractivity contribution >= 4 is 0 Å². The minimum atomic E-state index is -0.898. The Hall–Kier alpha value is -0.860.